The molecule has 1 aromatic heterocycles. The van der Waals surface area contributed by atoms with Crippen LogP contribution in [0, 0.1) is 0 Å². The summed E-state index contributed by atoms with van der Waals surface area (Å²) in [6, 6.07) is 9.20. The maximum absolute atomic E-state index is 11.1. The average molecular weight is 304 g/mol. The van der Waals surface area contributed by atoms with Gasteiger partial charge in [-0.05, 0) is 24.5 Å². The minimum absolute atomic E-state index is 0.0414. The molecule has 1 heterocycles. The Morgan fingerprint density at radius 3 is 2.48 bits per heavy atom. The smallest absolute Gasteiger partial charge is 0.337 e. The highest BCUT2D eigenvalue weighted by Gasteiger charge is 2.43. The normalized spacial score (nSPS) is 15.7. The Kier molecular flexibility index (Phi) is 3.43. The molecule has 3 rings (SSSR count). The lowest BCUT2D eigenvalue weighted by Crippen LogP contribution is -2.11. The van der Waals surface area contributed by atoms with Crippen LogP contribution in [0.25, 0.3) is 11.3 Å². The maximum Gasteiger partial charge on any atom is 0.337 e. The number of halogens is 1. The number of aliphatic hydroxyl groups is 1. The molecule has 21 heavy (non-hydrogen) atoms. The molecule has 1 aromatic carbocycles. The van der Waals surface area contributed by atoms with Crippen LogP contribution < -0.4 is 0 Å². The molecule has 5 heteroatoms. The molecule has 0 atom stereocenters. The summed E-state index contributed by atoms with van der Waals surface area (Å²) >= 11 is 5.82. The Labute approximate surface area is 127 Å². The summed E-state index contributed by atoms with van der Waals surface area (Å²) in [4.78, 5) is 15.3. The van der Waals surface area contributed by atoms with Crippen LogP contribution in [0.2, 0.25) is 5.02 Å². The van der Waals surface area contributed by atoms with Gasteiger partial charge in [0.15, 0.2) is 0 Å². The second kappa shape index (κ2) is 5.13. The van der Waals surface area contributed by atoms with Gasteiger partial charge in [-0.15, -0.1) is 0 Å². The highest BCUT2D eigenvalue weighted by Crippen LogP contribution is 2.47. The van der Waals surface area contributed by atoms with Gasteiger partial charge in [-0.2, -0.15) is 0 Å². The number of benzene rings is 1. The molecule has 0 spiro atoms. The van der Waals surface area contributed by atoms with Crippen LogP contribution in [-0.4, -0.2) is 27.8 Å². The monoisotopic (exact) mass is 303 g/mol. The lowest BCUT2D eigenvalue weighted by atomic mass is 9.95. The Hall–Kier alpha value is -1.91. The first-order valence-corrected chi connectivity index (χ1v) is 7.04. The number of hydrogen-bond acceptors (Lipinski definition) is 3. The minimum atomic E-state index is -1.07. The van der Waals surface area contributed by atoms with E-state index in [2.05, 4.69) is 4.98 Å². The number of nitrogens with zero attached hydrogens (tertiary/aromatic N) is 1. The number of aromatic nitrogens is 1. The zero-order valence-electron chi connectivity index (χ0n) is 11.2. The Morgan fingerprint density at radius 2 is 1.95 bits per heavy atom. The van der Waals surface area contributed by atoms with E-state index in [4.69, 9.17) is 16.7 Å². The fourth-order valence-electron chi connectivity index (χ4n) is 2.44. The molecule has 4 nitrogen and oxygen atoms in total. The second-order valence-corrected chi connectivity index (χ2v) is 5.78. The fraction of sp³-hybridized carbons (Fsp3) is 0.250. The molecular formula is C16H14ClNO3. The molecule has 2 aromatic rings. The van der Waals surface area contributed by atoms with Gasteiger partial charge in [0.1, 0.15) is 0 Å². The van der Waals surface area contributed by atoms with Crippen LogP contribution in [0.15, 0.2) is 36.5 Å². The van der Waals surface area contributed by atoms with E-state index in [0.29, 0.717) is 5.69 Å². The van der Waals surface area contributed by atoms with Gasteiger partial charge in [-0.3, -0.25) is 4.98 Å². The Bertz CT molecular complexity index is 693. The molecular weight excluding hydrogens is 290 g/mol. The summed E-state index contributed by atoms with van der Waals surface area (Å²) in [5.74, 6) is -1.07. The molecule has 0 bridgehead atoms. The van der Waals surface area contributed by atoms with E-state index in [1.807, 2.05) is 24.3 Å². The highest BCUT2D eigenvalue weighted by atomic mass is 35.5. The van der Waals surface area contributed by atoms with E-state index < -0.39 is 5.97 Å². The van der Waals surface area contributed by atoms with Crippen LogP contribution in [0.5, 0.6) is 0 Å². The molecule has 0 unspecified atom stereocenters. The van der Waals surface area contributed by atoms with Crippen molar-refractivity contribution in [2.24, 2.45) is 0 Å². The number of pyridine rings is 1. The van der Waals surface area contributed by atoms with Gasteiger partial charge in [-0.25, -0.2) is 4.79 Å². The van der Waals surface area contributed by atoms with E-state index in [1.165, 1.54) is 12.3 Å². The van der Waals surface area contributed by atoms with Crippen molar-refractivity contribution in [3.63, 3.8) is 0 Å². The van der Waals surface area contributed by atoms with Crippen LogP contribution in [0.3, 0.4) is 0 Å². The molecule has 1 aliphatic rings. The van der Waals surface area contributed by atoms with Crippen molar-refractivity contribution < 1.29 is 15.0 Å². The molecule has 1 saturated carbocycles. The fourth-order valence-corrected chi connectivity index (χ4v) is 2.63. The zero-order valence-corrected chi connectivity index (χ0v) is 12.0. The van der Waals surface area contributed by atoms with Crippen molar-refractivity contribution in [3.8, 4) is 11.3 Å². The second-order valence-electron chi connectivity index (χ2n) is 5.37. The maximum atomic E-state index is 11.1. The van der Waals surface area contributed by atoms with Crippen LogP contribution in [0.1, 0.15) is 28.8 Å². The SMILES string of the molecule is O=C(O)c1cc(-c2ccc(C3(CO)CC3)cc2)ncc1Cl. The van der Waals surface area contributed by atoms with Crippen molar-refractivity contribution in [1.29, 1.82) is 0 Å². The third-order valence-electron chi connectivity index (χ3n) is 4.04. The first-order chi connectivity index (χ1) is 10.1. The molecule has 0 saturated heterocycles. The van der Waals surface area contributed by atoms with Crippen molar-refractivity contribution >= 4 is 17.6 Å². The van der Waals surface area contributed by atoms with E-state index in [1.54, 1.807) is 0 Å². The topological polar surface area (TPSA) is 70.4 Å². The third kappa shape index (κ3) is 2.52. The number of carboxylic acids is 1. The molecule has 0 amide bonds. The van der Waals surface area contributed by atoms with E-state index in [0.717, 1.165) is 24.0 Å². The lowest BCUT2D eigenvalue weighted by molar-refractivity contribution is 0.0697. The van der Waals surface area contributed by atoms with Crippen LogP contribution >= 0.6 is 11.6 Å². The van der Waals surface area contributed by atoms with E-state index in [-0.39, 0.29) is 22.6 Å². The highest BCUT2D eigenvalue weighted by molar-refractivity contribution is 6.33. The molecule has 1 aliphatic carbocycles. The van der Waals surface area contributed by atoms with Gasteiger partial charge in [-0.1, -0.05) is 35.9 Å². The van der Waals surface area contributed by atoms with Crippen LogP contribution in [0.4, 0.5) is 0 Å². The molecule has 2 N–H and O–H groups in total. The van der Waals surface area contributed by atoms with Crippen molar-refractivity contribution in [2.75, 3.05) is 6.61 Å². The summed E-state index contributed by atoms with van der Waals surface area (Å²) in [6.07, 6.45) is 3.36. The predicted octanol–water partition coefficient (Wildman–Crippen LogP) is 3.12. The molecule has 0 aliphatic heterocycles. The molecule has 0 radical (unpaired) electrons. The van der Waals surface area contributed by atoms with E-state index in [9.17, 15) is 9.90 Å². The number of aromatic carboxylic acids is 1. The summed E-state index contributed by atoms with van der Waals surface area (Å²) in [7, 11) is 0. The van der Waals surface area contributed by atoms with Crippen molar-refractivity contribution in [3.05, 3.63) is 52.7 Å². The summed E-state index contributed by atoms with van der Waals surface area (Å²) in [6.45, 7) is 0.161. The standard InChI is InChI=1S/C16H14ClNO3/c17-13-8-18-14(7-12(13)15(20)21)10-1-3-11(4-2-10)16(9-19)5-6-16/h1-4,7-8,19H,5-6,9H2,(H,20,21). The van der Waals surface area contributed by atoms with Crippen molar-refractivity contribution in [2.45, 2.75) is 18.3 Å². The summed E-state index contributed by atoms with van der Waals surface area (Å²) in [5.41, 5.74) is 2.47. The Morgan fingerprint density at radius 1 is 1.29 bits per heavy atom. The number of carbonyl (C=O) groups is 1. The third-order valence-corrected chi connectivity index (χ3v) is 4.34. The number of hydrogen-bond donors (Lipinski definition) is 2. The van der Waals surface area contributed by atoms with Gasteiger partial charge < -0.3 is 10.2 Å². The van der Waals surface area contributed by atoms with E-state index >= 15 is 0 Å². The Balaban J connectivity index is 1.94. The van der Waals surface area contributed by atoms with Gasteiger partial charge in [0, 0.05) is 17.2 Å². The largest absolute Gasteiger partial charge is 0.478 e. The predicted molar refractivity (Wildman–Crippen MR) is 79.6 cm³/mol. The first-order valence-electron chi connectivity index (χ1n) is 6.66. The summed E-state index contributed by atoms with van der Waals surface area (Å²) < 4.78 is 0. The average Bonchev–Trinajstić information content (AvgIpc) is 3.29. The summed E-state index contributed by atoms with van der Waals surface area (Å²) in [5, 5.41) is 18.6. The first kappa shape index (κ1) is 14.0. The number of carboxylic acid groups (broad SMARTS) is 1. The molecule has 1 fully saturated rings. The molecule has 108 valence electrons. The van der Waals surface area contributed by atoms with Gasteiger partial charge in [0.25, 0.3) is 0 Å². The number of aliphatic hydroxyl groups excluding tert-OH is 1. The van der Waals surface area contributed by atoms with Gasteiger partial charge in [0.2, 0.25) is 0 Å². The zero-order chi connectivity index (χ0) is 15.0. The van der Waals surface area contributed by atoms with Gasteiger partial charge >= 0.3 is 5.97 Å². The minimum Gasteiger partial charge on any atom is -0.478 e. The van der Waals surface area contributed by atoms with Crippen LogP contribution in [-0.2, 0) is 5.41 Å². The quantitative estimate of drug-likeness (QED) is 0.910. The van der Waals surface area contributed by atoms with Crippen molar-refractivity contribution in [1.82, 2.24) is 4.98 Å². The lowest BCUT2D eigenvalue weighted by Gasteiger charge is -2.12. The van der Waals surface area contributed by atoms with Gasteiger partial charge in [0.05, 0.1) is 22.9 Å². The number of rotatable bonds is 4.